The fraction of sp³-hybridized carbons (Fsp3) is 0.0714. The Labute approximate surface area is 122 Å². The molecular formula is C14H11FN2OS2. The van der Waals surface area contributed by atoms with E-state index < -0.39 is 0 Å². The molecule has 0 unspecified atom stereocenters. The number of carbonyl (C=O) groups excluding carboxylic acids is 1. The minimum Gasteiger partial charge on any atom is -0.397 e. The molecule has 0 saturated heterocycles. The Balaban J connectivity index is 1.86. The standard InChI is InChI=1S/C14H11FN2OS2/c15-9-1-2-11-10(5-9)12(16)13(20-11)14(18)17-6-8-3-4-19-7-8/h1-5,7H,6,16H2,(H,17,18). The molecule has 0 radical (unpaired) electrons. The molecule has 1 aromatic carbocycles. The van der Waals surface area contributed by atoms with E-state index in [2.05, 4.69) is 5.32 Å². The van der Waals surface area contributed by atoms with Gasteiger partial charge < -0.3 is 11.1 Å². The fourth-order valence-electron chi connectivity index (χ4n) is 1.91. The zero-order chi connectivity index (χ0) is 14.1. The van der Waals surface area contributed by atoms with Crippen LogP contribution in [0.2, 0.25) is 0 Å². The molecule has 6 heteroatoms. The summed E-state index contributed by atoms with van der Waals surface area (Å²) in [5.74, 6) is -0.581. The molecule has 20 heavy (non-hydrogen) atoms. The quantitative estimate of drug-likeness (QED) is 0.776. The first-order valence-corrected chi connectivity index (χ1v) is 7.68. The van der Waals surface area contributed by atoms with E-state index in [0.29, 0.717) is 22.5 Å². The molecule has 0 spiro atoms. The number of nitrogen functional groups attached to an aromatic ring is 1. The molecule has 3 rings (SSSR count). The number of fused-ring (bicyclic) bond motifs is 1. The first-order chi connectivity index (χ1) is 9.65. The summed E-state index contributed by atoms with van der Waals surface area (Å²) in [6.45, 7) is 0.463. The van der Waals surface area contributed by atoms with Crippen molar-refractivity contribution < 1.29 is 9.18 Å². The number of anilines is 1. The molecule has 3 N–H and O–H groups in total. The predicted octanol–water partition coefficient (Wildman–Crippen LogP) is 3.61. The molecule has 0 saturated carbocycles. The Bertz CT molecular complexity index is 765. The lowest BCUT2D eigenvalue weighted by molar-refractivity contribution is 0.0956. The Kier molecular flexibility index (Phi) is 3.42. The molecule has 0 aliphatic rings. The zero-order valence-corrected chi connectivity index (χ0v) is 12.0. The molecule has 0 aliphatic heterocycles. The van der Waals surface area contributed by atoms with Crippen molar-refractivity contribution in [3.8, 4) is 0 Å². The Morgan fingerprint density at radius 3 is 2.95 bits per heavy atom. The van der Waals surface area contributed by atoms with Crippen molar-refractivity contribution in [3.63, 3.8) is 0 Å². The Morgan fingerprint density at radius 2 is 2.20 bits per heavy atom. The molecule has 0 atom stereocenters. The summed E-state index contributed by atoms with van der Waals surface area (Å²) >= 11 is 2.86. The lowest BCUT2D eigenvalue weighted by atomic mass is 10.2. The summed E-state index contributed by atoms with van der Waals surface area (Å²) in [5.41, 5.74) is 7.33. The summed E-state index contributed by atoms with van der Waals surface area (Å²) in [7, 11) is 0. The van der Waals surface area contributed by atoms with Crippen LogP contribution in [0.1, 0.15) is 15.2 Å². The van der Waals surface area contributed by atoms with Crippen LogP contribution in [0.5, 0.6) is 0 Å². The number of amides is 1. The van der Waals surface area contributed by atoms with Crippen molar-refractivity contribution in [3.05, 3.63) is 51.3 Å². The minimum atomic E-state index is -0.354. The first kappa shape index (κ1) is 13.1. The largest absolute Gasteiger partial charge is 0.397 e. The van der Waals surface area contributed by atoms with Gasteiger partial charge in [0, 0.05) is 16.6 Å². The van der Waals surface area contributed by atoms with Crippen LogP contribution in [0.25, 0.3) is 10.1 Å². The second-order valence-electron chi connectivity index (χ2n) is 4.30. The summed E-state index contributed by atoms with van der Waals surface area (Å²) < 4.78 is 14.0. The lowest BCUT2D eigenvalue weighted by Crippen LogP contribution is -2.22. The van der Waals surface area contributed by atoms with E-state index >= 15 is 0 Å². The lowest BCUT2D eigenvalue weighted by Gasteiger charge is -2.02. The fourth-order valence-corrected chi connectivity index (χ4v) is 3.60. The number of carbonyl (C=O) groups is 1. The van der Waals surface area contributed by atoms with Crippen molar-refractivity contribution in [2.45, 2.75) is 6.54 Å². The molecule has 2 heterocycles. The number of nitrogens with one attached hydrogen (secondary N) is 1. The van der Waals surface area contributed by atoms with Crippen molar-refractivity contribution in [2.75, 3.05) is 5.73 Å². The van der Waals surface area contributed by atoms with Gasteiger partial charge in [0.2, 0.25) is 0 Å². The van der Waals surface area contributed by atoms with Crippen molar-refractivity contribution in [2.24, 2.45) is 0 Å². The van der Waals surface area contributed by atoms with Crippen molar-refractivity contribution >= 4 is 44.4 Å². The van der Waals surface area contributed by atoms with Crippen LogP contribution in [-0.4, -0.2) is 5.91 Å². The predicted molar refractivity (Wildman–Crippen MR) is 81.7 cm³/mol. The van der Waals surface area contributed by atoms with Crippen LogP contribution >= 0.6 is 22.7 Å². The third-order valence-corrected chi connectivity index (χ3v) is 4.85. The Hall–Kier alpha value is -1.92. The average Bonchev–Trinajstić information content (AvgIpc) is 3.05. The number of rotatable bonds is 3. The maximum atomic E-state index is 13.2. The van der Waals surface area contributed by atoms with Gasteiger partial charge in [0.15, 0.2) is 0 Å². The van der Waals surface area contributed by atoms with Gasteiger partial charge in [0.05, 0.1) is 5.69 Å². The second-order valence-corrected chi connectivity index (χ2v) is 6.13. The van der Waals surface area contributed by atoms with Crippen LogP contribution < -0.4 is 11.1 Å². The molecule has 1 amide bonds. The third kappa shape index (κ3) is 2.39. The van der Waals surface area contributed by atoms with Crippen molar-refractivity contribution in [1.82, 2.24) is 5.32 Å². The Morgan fingerprint density at radius 1 is 1.35 bits per heavy atom. The highest BCUT2D eigenvalue weighted by molar-refractivity contribution is 7.21. The number of nitrogens with two attached hydrogens (primary N) is 1. The van der Waals surface area contributed by atoms with E-state index in [1.165, 1.54) is 23.5 Å². The van der Waals surface area contributed by atoms with Gasteiger partial charge in [-0.1, -0.05) is 0 Å². The zero-order valence-electron chi connectivity index (χ0n) is 10.4. The van der Waals surface area contributed by atoms with E-state index in [-0.39, 0.29) is 11.7 Å². The van der Waals surface area contributed by atoms with Crippen LogP contribution in [-0.2, 0) is 6.54 Å². The molecule has 0 fully saturated rings. The summed E-state index contributed by atoms with van der Waals surface area (Å²) in [6.07, 6.45) is 0. The number of thiophene rings is 2. The number of halogens is 1. The van der Waals surface area contributed by atoms with Gasteiger partial charge in [0.1, 0.15) is 10.7 Å². The van der Waals surface area contributed by atoms with Crippen LogP contribution in [0.15, 0.2) is 35.0 Å². The number of hydrogen-bond donors (Lipinski definition) is 2. The highest BCUT2D eigenvalue weighted by Gasteiger charge is 2.16. The SMILES string of the molecule is Nc1c(C(=O)NCc2ccsc2)sc2ccc(F)cc12. The maximum absolute atomic E-state index is 13.2. The van der Waals surface area contributed by atoms with E-state index in [1.807, 2.05) is 16.8 Å². The summed E-state index contributed by atoms with van der Waals surface area (Å²) in [4.78, 5) is 12.6. The molecule has 0 bridgehead atoms. The van der Waals surface area contributed by atoms with Gasteiger partial charge in [0.25, 0.3) is 5.91 Å². The van der Waals surface area contributed by atoms with E-state index in [1.54, 1.807) is 17.4 Å². The van der Waals surface area contributed by atoms with Gasteiger partial charge in [-0.2, -0.15) is 11.3 Å². The second kappa shape index (κ2) is 5.22. The van der Waals surface area contributed by atoms with E-state index in [9.17, 15) is 9.18 Å². The molecule has 0 aliphatic carbocycles. The van der Waals surface area contributed by atoms with Gasteiger partial charge in [-0.15, -0.1) is 11.3 Å². The van der Waals surface area contributed by atoms with Crippen LogP contribution in [0, 0.1) is 5.82 Å². The monoisotopic (exact) mass is 306 g/mol. The van der Waals surface area contributed by atoms with Crippen LogP contribution in [0.3, 0.4) is 0 Å². The van der Waals surface area contributed by atoms with E-state index in [0.717, 1.165) is 10.3 Å². The summed E-state index contributed by atoms with van der Waals surface area (Å²) in [6, 6.07) is 6.32. The van der Waals surface area contributed by atoms with E-state index in [4.69, 9.17) is 5.73 Å². The number of benzene rings is 1. The molecular weight excluding hydrogens is 295 g/mol. The van der Waals surface area contributed by atoms with Crippen LogP contribution in [0.4, 0.5) is 10.1 Å². The topological polar surface area (TPSA) is 55.1 Å². The summed E-state index contributed by atoms with van der Waals surface area (Å²) in [5, 5.41) is 7.35. The average molecular weight is 306 g/mol. The van der Waals surface area contributed by atoms with Gasteiger partial charge in [-0.05, 0) is 40.6 Å². The maximum Gasteiger partial charge on any atom is 0.263 e. The highest BCUT2D eigenvalue weighted by atomic mass is 32.1. The molecule has 2 aromatic heterocycles. The minimum absolute atomic E-state index is 0.227. The third-order valence-electron chi connectivity index (χ3n) is 2.93. The van der Waals surface area contributed by atoms with Crippen molar-refractivity contribution in [1.29, 1.82) is 0 Å². The van der Waals surface area contributed by atoms with Gasteiger partial charge in [-0.25, -0.2) is 4.39 Å². The first-order valence-electron chi connectivity index (χ1n) is 5.92. The molecule has 102 valence electrons. The van der Waals surface area contributed by atoms with Gasteiger partial charge >= 0.3 is 0 Å². The number of hydrogen-bond acceptors (Lipinski definition) is 4. The highest BCUT2D eigenvalue weighted by Crippen LogP contribution is 2.33. The molecule has 3 nitrogen and oxygen atoms in total. The molecule has 3 aromatic rings. The normalized spacial score (nSPS) is 10.8. The smallest absolute Gasteiger partial charge is 0.263 e. The van der Waals surface area contributed by atoms with Gasteiger partial charge in [-0.3, -0.25) is 4.79 Å².